The number of carboxylic acid groups (broad SMARTS) is 1. The minimum absolute atomic E-state index is 0.363. The molecule has 2 aromatic rings. The zero-order valence-electron chi connectivity index (χ0n) is 10.5. The summed E-state index contributed by atoms with van der Waals surface area (Å²) in [6.45, 7) is -0.363. The number of aromatic nitrogens is 2. The molecule has 2 heterocycles. The second kappa shape index (κ2) is 5.43. The van der Waals surface area contributed by atoms with E-state index in [0.29, 0.717) is 11.0 Å². The Balaban J connectivity index is 2.21. The maximum Gasteiger partial charge on any atom is 0.471 e. The van der Waals surface area contributed by atoms with E-state index in [4.69, 9.17) is 5.11 Å². The number of nitrogens with zero attached hydrogens (tertiary/aromatic N) is 2. The fourth-order valence-corrected chi connectivity index (χ4v) is 1.79. The lowest BCUT2D eigenvalue weighted by atomic mass is 10.3. The number of alkyl halides is 3. The van der Waals surface area contributed by atoms with E-state index < -0.39 is 24.1 Å². The summed E-state index contributed by atoms with van der Waals surface area (Å²) in [6, 6.07) is 3.33. The van der Waals surface area contributed by atoms with Crippen LogP contribution in [0.2, 0.25) is 0 Å². The van der Waals surface area contributed by atoms with Crippen molar-refractivity contribution in [3.8, 4) is 0 Å². The highest BCUT2D eigenvalue weighted by molar-refractivity contribution is 5.87. The summed E-state index contributed by atoms with van der Waals surface area (Å²) in [6.07, 6.45) is -2.17. The minimum atomic E-state index is -5.13. The number of aliphatic carboxylic acids is 1. The molecule has 6 nitrogen and oxygen atoms in total. The lowest BCUT2D eigenvalue weighted by Crippen LogP contribution is -2.48. The zero-order valence-corrected chi connectivity index (χ0v) is 10.5. The van der Waals surface area contributed by atoms with Gasteiger partial charge in [0.05, 0.1) is 6.54 Å². The molecule has 1 amide bonds. The predicted molar refractivity (Wildman–Crippen MR) is 65.4 cm³/mol. The minimum Gasteiger partial charge on any atom is -0.480 e. The first-order valence-corrected chi connectivity index (χ1v) is 5.79. The molecule has 0 aliphatic carbocycles. The van der Waals surface area contributed by atoms with Gasteiger partial charge in [0.1, 0.15) is 11.7 Å². The van der Waals surface area contributed by atoms with E-state index in [1.165, 1.54) is 22.3 Å². The third kappa shape index (κ3) is 3.30. The Labute approximate surface area is 116 Å². The van der Waals surface area contributed by atoms with Crippen LogP contribution in [0.1, 0.15) is 0 Å². The van der Waals surface area contributed by atoms with Gasteiger partial charge >= 0.3 is 18.1 Å². The monoisotopic (exact) mass is 301 g/mol. The number of pyridine rings is 1. The van der Waals surface area contributed by atoms with Gasteiger partial charge in [0.15, 0.2) is 0 Å². The average molecular weight is 301 g/mol. The van der Waals surface area contributed by atoms with Gasteiger partial charge in [-0.25, -0.2) is 9.78 Å². The van der Waals surface area contributed by atoms with E-state index in [1.807, 2.05) is 0 Å². The van der Waals surface area contributed by atoms with Crippen LogP contribution < -0.4 is 5.32 Å². The Bertz CT molecular complexity index is 681. The van der Waals surface area contributed by atoms with E-state index in [1.54, 1.807) is 18.2 Å². The molecule has 0 aromatic carbocycles. The number of carbonyl (C=O) groups excluding carboxylic acids is 1. The summed E-state index contributed by atoms with van der Waals surface area (Å²) < 4.78 is 37.9. The molecule has 1 unspecified atom stereocenters. The predicted octanol–water partition coefficient (Wildman–Crippen LogP) is 1.17. The van der Waals surface area contributed by atoms with Crippen molar-refractivity contribution in [2.45, 2.75) is 18.8 Å². The fraction of sp³-hybridized carbons (Fsp3) is 0.250. The van der Waals surface area contributed by atoms with Crippen molar-refractivity contribution in [3.05, 3.63) is 30.6 Å². The van der Waals surface area contributed by atoms with Gasteiger partial charge in [-0.2, -0.15) is 13.2 Å². The first kappa shape index (κ1) is 14.8. The molecule has 0 fully saturated rings. The van der Waals surface area contributed by atoms with Crippen molar-refractivity contribution < 1.29 is 27.9 Å². The molecule has 0 aliphatic heterocycles. The molecule has 2 aromatic heterocycles. The molecular formula is C12H10F3N3O3. The van der Waals surface area contributed by atoms with Gasteiger partial charge in [-0.1, -0.05) is 0 Å². The van der Waals surface area contributed by atoms with Gasteiger partial charge in [-0.05, 0) is 18.2 Å². The highest BCUT2D eigenvalue weighted by Crippen LogP contribution is 2.16. The fourth-order valence-electron chi connectivity index (χ4n) is 1.79. The van der Waals surface area contributed by atoms with Gasteiger partial charge in [0.25, 0.3) is 0 Å². The number of rotatable bonds is 4. The maximum atomic E-state index is 12.2. The number of carboxylic acids is 1. The number of carbonyl (C=O) groups is 2. The molecule has 2 rings (SSSR count). The Kier molecular flexibility index (Phi) is 3.83. The van der Waals surface area contributed by atoms with E-state index >= 15 is 0 Å². The second-order valence-corrected chi connectivity index (χ2v) is 4.25. The Morgan fingerprint density at radius 2 is 2.10 bits per heavy atom. The number of hydrogen-bond acceptors (Lipinski definition) is 3. The van der Waals surface area contributed by atoms with Crippen molar-refractivity contribution in [1.29, 1.82) is 0 Å². The molecule has 0 saturated carbocycles. The second-order valence-electron chi connectivity index (χ2n) is 4.25. The van der Waals surface area contributed by atoms with E-state index in [-0.39, 0.29) is 6.54 Å². The van der Waals surface area contributed by atoms with Crippen molar-refractivity contribution in [2.24, 2.45) is 0 Å². The van der Waals surface area contributed by atoms with Crippen LogP contribution in [0.3, 0.4) is 0 Å². The van der Waals surface area contributed by atoms with Crippen LogP contribution in [0.4, 0.5) is 13.2 Å². The van der Waals surface area contributed by atoms with Crippen LogP contribution in [0.15, 0.2) is 30.6 Å². The van der Waals surface area contributed by atoms with Gasteiger partial charge in [0, 0.05) is 17.8 Å². The lowest BCUT2D eigenvalue weighted by molar-refractivity contribution is -0.175. The molecule has 2 N–H and O–H groups in total. The number of hydrogen-bond donors (Lipinski definition) is 2. The largest absolute Gasteiger partial charge is 0.480 e. The summed E-state index contributed by atoms with van der Waals surface area (Å²) in [5.74, 6) is -3.86. The van der Waals surface area contributed by atoms with Gasteiger partial charge < -0.3 is 15.0 Å². The molecule has 1 atom stereocenters. The van der Waals surface area contributed by atoms with Crippen LogP contribution in [-0.4, -0.2) is 38.8 Å². The standard InChI is InChI=1S/C12H10F3N3O3/c13-12(14,15)11(21)17-8(10(19)20)6-18-5-3-7-2-1-4-16-9(7)18/h1-5,8H,6H2,(H,17,21)(H,19,20). The smallest absolute Gasteiger partial charge is 0.471 e. The number of nitrogens with one attached hydrogen (secondary N) is 1. The Morgan fingerprint density at radius 1 is 1.38 bits per heavy atom. The highest BCUT2D eigenvalue weighted by atomic mass is 19.4. The maximum absolute atomic E-state index is 12.2. The van der Waals surface area contributed by atoms with Crippen LogP contribution in [0, 0.1) is 0 Å². The third-order valence-corrected chi connectivity index (χ3v) is 2.76. The number of fused-ring (bicyclic) bond motifs is 1. The molecule has 21 heavy (non-hydrogen) atoms. The zero-order chi connectivity index (χ0) is 15.6. The molecule has 0 aliphatic rings. The molecule has 112 valence electrons. The topological polar surface area (TPSA) is 84.2 Å². The average Bonchev–Trinajstić information content (AvgIpc) is 2.80. The van der Waals surface area contributed by atoms with E-state index in [9.17, 15) is 22.8 Å². The van der Waals surface area contributed by atoms with Crippen LogP contribution >= 0.6 is 0 Å². The SMILES string of the molecule is O=C(O)C(Cn1ccc2cccnc21)NC(=O)C(F)(F)F. The van der Waals surface area contributed by atoms with Crippen molar-refractivity contribution >= 4 is 22.9 Å². The highest BCUT2D eigenvalue weighted by Gasteiger charge is 2.40. The molecule has 0 radical (unpaired) electrons. The summed E-state index contributed by atoms with van der Waals surface area (Å²) in [5, 5.41) is 11.1. The van der Waals surface area contributed by atoms with E-state index in [0.717, 1.165) is 0 Å². The summed E-state index contributed by atoms with van der Waals surface area (Å²) in [4.78, 5) is 25.9. The summed E-state index contributed by atoms with van der Waals surface area (Å²) >= 11 is 0. The van der Waals surface area contributed by atoms with Crippen molar-refractivity contribution in [2.75, 3.05) is 0 Å². The van der Waals surface area contributed by atoms with Gasteiger partial charge in [0.2, 0.25) is 0 Å². The molecule has 0 spiro atoms. The number of amides is 1. The first-order chi connectivity index (χ1) is 9.79. The quantitative estimate of drug-likeness (QED) is 0.888. The summed E-state index contributed by atoms with van der Waals surface area (Å²) in [5.41, 5.74) is 0.421. The normalized spacial score (nSPS) is 13.1. The number of halogens is 3. The van der Waals surface area contributed by atoms with Gasteiger partial charge in [-0.15, -0.1) is 0 Å². The Hall–Kier alpha value is -2.58. The van der Waals surface area contributed by atoms with Crippen LogP contribution in [0.5, 0.6) is 0 Å². The lowest BCUT2D eigenvalue weighted by Gasteiger charge is -2.16. The summed E-state index contributed by atoms with van der Waals surface area (Å²) in [7, 11) is 0. The molecule has 9 heteroatoms. The van der Waals surface area contributed by atoms with Crippen LogP contribution in [-0.2, 0) is 16.1 Å². The first-order valence-electron chi connectivity index (χ1n) is 5.79. The van der Waals surface area contributed by atoms with E-state index in [2.05, 4.69) is 4.98 Å². The van der Waals surface area contributed by atoms with Crippen molar-refractivity contribution in [3.63, 3.8) is 0 Å². The van der Waals surface area contributed by atoms with Crippen molar-refractivity contribution in [1.82, 2.24) is 14.9 Å². The third-order valence-electron chi connectivity index (χ3n) is 2.76. The Morgan fingerprint density at radius 3 is 2.71 bits per heavy atom. The molecule has 0 bridgehead atoms. The van der Waals surface area contributed by atoms with Crippen LogP contribution in [0.25, 0.3) is 11.0 Å². The van der Waals surface area contributed by atoms with Gasteiger partial charge in [-0.3, -0.25) is 4.79 Å². The molecular weight excluding hydrogens is 291 g/mol. The molecule has 0 saturated heterocycles.